The fourth-order valence-electron chi connectivity index (χ4n) is 5.46. The predicted octanol–water partition coefficient (Wildman–Crippen LogP) is 3.97. The number of hydrogen-bond acceptors (Lipinski definition) is 10. The number of aromatic carboxylic acids is 1. The molecule has 12 heteroatoms. The molecule has 1 N–H and O–H groups in total. The third kappa shape index (κ3) is 5.36. The van der Waals surface area contributed by atoms with Gasteiger partial charge in [-0.2, -0.15) is 9.36 Å². The fraction of sp³-hybridized carbons (Fsp3) is 0.414. The summed E-state index contributed by atoms with van der Waals surface area (Å²) in [6.07, 6.45) is 9.40. The summed E-state index contributed by atoms with van der Waals surface area (Å²) < 4.78 is 11.7. The summed E-state index contributed by atoms with van der Waals surface area (Å²) in [5, 5.41) is 10.4. The highest BCUT2D eigenvalue weighted by atomic mass is 32.1. The van der Waals surface area contributed by atoms with E-state index in [2.05, 4.69) is 14.3 Å². The zero-order chi connectivity index (χ0) is 28.7. The molecule has 0 aromatic carbocycles. The van der Waals surface area contributed by atoms with E-state index in [1.807, 2.05) is 17.9 Å². The molecule has 0 bridgehead atoms. The summed E-state index contributed by atoms with van der Waals surface area (Å²) in [5.74, 6) is -0.0897. The van der Waals surface area contributed by atoms with Gasteiger partial charge in [0.15, 0.2) is 11.5 Å². The van der Waals surface area contributed by atoms with Crippen LogP contribution in [-0.4, -0.2) is 66.6 Å². The van der Waals surface area contributed by atoms with Crippen molar-refractivity contribution in [3.8, 4) is 16.5 Å². The van der Waals surface area contributed by atoms with Gasteiger partial charge in [0.2, 0.25) is 10.6 Å². The zero-order valence-electron chi connectivity index (χ0n) is 22.9. The van der Waals surface area contributed by atoms with E-state index in [1.54, 1.807) is 25.4 Å². The van der Waals surface area contributed by atoms with E-state index in [4.69, 9.17) is 9.72 Å². The van der Waals surface area contributed by atoms with Crippen molar-refractivity contribution in [2.75, 3.05) is 24.6 Å². The van der Waals surface area contributed by atoms with Gasteiger partial charge in [0.05, 0.1) is 17.4 Å². The van der Waals surface area contributed by atoms with Crippen LogP contribution in [-0.2, 0) is 9.53 Å². The number of nitrogens with zero attached hydrogens (tertiary/aromatic N) is 6. The summed E-state index contributed by atoms with van der Waals surface area (Å²) in [5.41, 5.74) is 1.60. The molecule has 4 aromatic heterocycles. The normalized spacial score (nSPS) is 17.5. The summed E-state index contributed by atoms with van der Waals surface area (Å²) in [6, 6.07) is 3.69. The van der Waals surface area contributed by atoms with Crippen molar-refractivity contribution in [3.63, 3.8) is 0 Å². The average molecular weight is 575 g/mol. The number of carbonyl (C=O) groups excluding carboxylic acids is 1. The zero-order valence-corrected chi connectivity index (χ0v) is 23.7. The van der Waals surface area contributed by atoms with Crippen LogP contribution < -0.4 is 10.3 Å². The molecule has 1 atom stereocenters. The van der Waals surface area contributed by atoms with Crippen LogP contribution in [0.15, 0.2) is 35.5 Å². The molecule has 0 spiro atoms. The Morgan fingerprint density at radius 2 is 1.98 bits per heavy atom. The Balaban J connectivity index is 1.30. The van der Waals surface area contributed by atoms with Crippen LogP contribution in [0.4, 0.5) is 5.82 Å². The maximum atomic E-state index is 13.2. The molecule has 0 radical (unpaired) electrons. The van der Waals surface area contributed by atoms with Crippen LogP contribution in [0.5, 0.6) is 0 Å². The number of pyridine rings is 3. The summed E-state index contributed by atoms with van der Waals surface area (Å²) in [4.78, 5) is 53.7. The summed E-state index contributed by atoms with van der Waals surface area (Å²) >= 11 is 1.08. The minimum atomic E-state index is -1.33. The molecule has 2 aliphatic rings. The Hall–Kier alpha value is -4.03. The van der Waals surface area contributed by atoms with Gasteiger partial charge in [-0.3, -0.25) is 19.1 Å². The number of rotatable bonds is 8. The highest BCUT2D eigenvalue weighted by molar-refractivity contribution is 7.08. The molecule has 11 nitrogen and oxygen atoms in total. The number of carbonyl (C=O) groups is 2. The van der Waals surface area contributed by atoms with Gasteiger partial charge in [0.1, 0.15) is 17.2 Å². The van der Waals surface area contributed by atoms with Crippen LogP contribution >= 0.6 is 11.5 Å². The molecule has 2 saturated heterocycles. The number of ketones is 1. The van der Waals surface area contributed by atoms with Crippen LogP contribution in [0.1, 0.15) is 53.6 Å². The minimum absolute atomic E-state index is 0.0679. The second-order valence-electron chi connectivity index (χ2n) is 10.8. The van der Waals surface area contributed by atoms with Crippen molar-refractivity contribution in [3.05, 3.63) is 57.6 Å². The first-order valence-electron chi connectivity index (χ1n) is 13.7. The molecule has 2 fully saturated rings. The number of ether oxygens (including phenoxy) is 1. The van der Waals surface area contributed by atoms with Crippen molar-refractivity contribution >= 4 is 40.1 Å². The third-order valence-electron chi connectivity index (χ3n) is 7.77. The van der Waals surface area contributed by atoms with Crippen molar-refractivity contribution in [1.82, 2.24) is 23.9 Å². The maximum absolute atomic E-state index is 13.2. The minimum Gasteiger partial charge on any atom is -0.477 e. The molecular weight excluding hydrogens is 544 g/mol. The smallest absolute Gasteiger partial charge is 0.341 e. The fourth-order valence-corrected chi connectivity index (χ4v) is 6.13. The Morgan fingerprint density at radius 3 is 2.71 bits per heavy atom. The molecule has 0 aliphatic carbocycles. The lowest BCUT2D eigenvalue weighted by Crippen LogP contribution is -2.51. The number of hydrogen-bond donors (Lipinski definition) is 1. The van der Waals surface area contributed by atoms with Crippen molar-refractivity contribution < 1.29 is 19.4 Å². The van der Waals surface area contributed by atoms with Gasteiger partial charge in [0, 0.05) is 61.8 Å². The Labute approximate surface area is 240 Å². The molecule has 0 saturated carbocycles. The number of Topliss-reactive ketones (excluding diaryl/α,β-unsaturated/α-hetero) is 1. The van der Waals surface area contributed by atoms with E-state index in [0.29, 0.717) is 47.5 Å². The molecule has 0 amide bonds. The third-order valence-corrected chi connectivity index (χ3v) is 8.49. The first-order valence-corrected chi connectivity index (χ1v) is 14.5. The number of carboxylic acids is 1. The summed E-state index contributed by atoms with van der Waals surface area (Å²) in [6.45, 7) is 5.56. The number of carboxylic acid groups (broad SMARTS) is 1. The second-order valence-corrected chi connectivity index (χ2v) is 11.5. The van der Waals surface area contributed by atoms with E-state index < -0.39 is 11.4 Å². The van der Waals surface area contributed by atoms with Gasteiger partial charge in [-0.05, 0) is 62.8 Å². The lowest BCUT2D eigenvalue weighted by atomic mass is 9.90. The van der Waals surface area contributed by atoms with Gasteiger partial charge >= 0.3 is 5.97 Å². The Kier molecular flexibility index (Phi) is 7.35. The molecule has 2 aliphatic heterocycles. The molecule has 1 unspecified atom stereocenters. The molecule has 6 heterocycles. The van der Waals surface area contributed by atoms with Gasteiger partial charge in [-0.25, -0.2) is 9.78 Å². The largest absolute Gasteiger partial charge is 0.477 e. The predicted molar refractivity (Wildman–Crippen MR) is 154 cm³/mol. The van der Waals surface area contributed by atoms with Crippen LogP contribution in [0.25, 0.3) is 27.6 Å². The number of fused-ring (bicyclic) bond motifs is 1. The maximum Gasteiger partial charge on any atom is 0.341 e. The average Bonchev–Trinajstić information content (AvgIpc) is 3.42. The topological polar surface area (TPSA) is 140 Å². The molecule has 212 valence electrons. The Bertz CT molecular complexity index is 1700. The molecule has 41 heavy (non-hydrogen) atoms. The summed E-state index contributed by atoms with van der Waals surface area (Å²) in [7, 11) is 0. The van der Waals surface area contributed by atoms with Crippen molar-refractivity contribution in [2.24, 2.45) is 5.92 Å². The SMILES string of the molecule is Cc1cncc(-c2nsc(-n3cc(C(=O)O)c(=O)c4c(C)cc(N5CC(C(=O)CCC6CCCCO6)C5)nc43)n2)c1. The van der Waals surface area contributed by atoms with Crippen LogP contribution in [0, 0.1) is 19.8 Å². The molecular formula is C29H30N6O5S. The molecule has 6 rings (SSSR count). The van der Waals surface area contributed by atoms with Gasteiger partial charge < -0.3 is 14.7 Å². The van der Waals surface area contributed by atoms with E-state index in [-0.39, 0.29) is 28.8 Å². The van der Waals surface area contributed by atoms with E-state index in [0.717, 1.165) is 54.9 Å². The first-order chi connectivity index (χ1) is 19.8. The number of anilines is 1. The highest BCUT2D eigenvalue weighted by Crippen LogP contribution is 2.30. The molecule has 4 aromatic rings. The first kappa shape index (κ1) is 27.2. The van der Waals surface area contributed by atoms with E-state index in [1.165, 1.54) is 10.8 Å². The van der Waals surface area contributed by atoms with Gasteiger partial charge in [-0.1, -0.05) is 0 Å². The Morgan fingerprint density at radius 1 is 1.15 bits per heavy atom. The standard InChI is InChI=1S/C29H30N6O5S/c1-16-9-18(12-30-11-16)26-32-29(41-33-26)35-15-21(28(38)39)25(37)24-17(2)10-23(31-27(24)35)34-13-19(14-34)22(36)7-6-20-5-3-4-8-40-20/h9-12,15,19-20H,3-8,13-14H2,1-2H3,(H,38,39). The monoisotopic (exact) mass is 574 g/mol. The second kappa shape index (κ2) is 11.1. The van der Waals surface area contributed by atoms with Crippen molar-refractivity contribution in [1.29, 1.82) is 0 Å². The van der Waals surface area contributed by atoms with Crippen LogP contribution in [0.3, 0.4) is 0 Å². The number of aromatic nitrogens is 5. The van der Waals surface area contributed by atoms with E-state index in [9.17, 15) is 19.5 Å². The highest BCUT2D eigenvalue weighted by Gasteiger charge is 2.34. The quantitative estimate of drug-likeness (QED) is 0.329. The number of aryl methyl sites for hydroxylation is 2. The lowest BCUT2D eigenvalue weighted by Gasteiger charge is -2.39. The van der Waals surface area contributed by atoms with Gasteiger partial charge in [-0.15, -0.1) is 0 Å². The van der Waals surface area contributed by atoms with E-state index >= 15 is 0 Å². The van der Waals surface area contributed by atoms with Gasteiger partial charge in [0.25, 0.3) is 0 Å². The van der Waals surface area contributed by atoms with Crippen LogP contribution in [0.2, 0.25) is 0 Å². The lowest BCUT2D eigenvalue weighted by molar-refractivity contribution is -0.124. The van der Waals surface area contributed by atoms with Crippen molar-refractivity contribution in [2.45, 2.75) is 52.1 Å².